The van der Waals surface area contributed by atoms with Crippen molar-refractivity contribution in [3.8, 4) is 0 Å². The average molecular weight is 189 g/mol. The van der Waals surface area contributed by atoms with Crippen LogP contribution in [0.5, 0.6) is 0 Å². The van der Waals surface area contributed by atoms with Gasteiger partial charge in [-0.2, -0.15) is 0 Å². The highest BCUT2D eigenvalue weighted by Crippen LogP contribution is 1.82. The molecule has 0 aromatic heterocycles. The van der Waals surface area contributed by atoms with Crippen molar-refractivity contribution in [3.63, 3.8) is 0 Å². The lowest BCUT2D eigenvalue weighted by molar-refractivity contribution is 0.0891. The van der Waals surface area contributed by atoms with Gasteiger partial charge >= 0.3 is 0 Å². The second-order valence-electron chi connectivity index (χ2n) is 2.52. The number of aliphatic imine (C=N–C) groups is 1. The molecule has 0 bridgehead atoms. The van der Waals surface area contributed by atoms with Crippen molar-refractivity contribution in [1.82, 2.24) is 5.43 Å². The van der Waals surface area contributed by atoms with E-state index in [0.717, 1.165) is 13.0 Å². The predicted molar refractivity (Wildman–Crippen MR) is 52.6 cm³/mol. The molecule has 0 aliphatic carbocycles. The lowest BCUT2D eigenvalue weighted by Crippen LogP contribution is -2.34. The molecule has 0 amide bonds. The smallest absolute Gasteiger partial charge is 0.137 e. The van der Waals surface area contributed by atoms with Crippen LogP contribution in [0.4, 0.5) is 0 Å². The van der Waals surface area contributed by atoms with E-state index in [4.69, 9.17) is 15.3 Å². The van der Waals surface area contributed by atoms with Gasteiger partial charge in [0.25, 0.3) is 0 Å². The van der Waals surface area contributed by atoms with Crippen LogP contribution in [0.3, 0.4) is 0 Å². The molecule has 0 spiro atoms. The van der Waals surface area contributed by atoms with Gasteiger partial charge in [0.05, 0.1) is 13.2 Å². The summed E-state index contributed by atoms with van der Waals surface area (Å²) >= 11 is 0. The maximum Gasteiger partial charge on any atom is 0.137 e. The number of rotatable bonds is 7. The Balaban J connectivity index is 3.47. The van der Waals surface area contributed by atoms with Crippen LogP contribution in [0.1, 0.15) is 13.3 Å². The van der Waals surface area contributed by atoms with Crippen molar-refractivity contribution in [2.24, 2.45) is 10.8 Å². The summed E-state index contributed by atoms with van der Waals surface area (Å²) in [6.07, 6.45) is 1.00. The first kappa shape index (κ1) is 12.3. The number of hydrogen-bond acceptors (Lipinski definition) is 4. The number of hydrogen-bond donors (Lipinski definition) is 2. The number of methoxy groups -OCH3 is 1. The summed E-state index contributed by atoms with van der Waals surface area (Å²) in [5.41, 5.74) is 2.50. The number of hydrazine groups is 1. The van der Waals surface area contributed by atoms with Crippen LogP contribution in [0.15, 0.2) is 4.99 Å². The van der Waals surface area contributed by atoms with Crippen molar-refractivity contribution in [2.75, 3.05) is 33.5 Å². The lowest BCUT2D eigenvalue weighted by atomic mass is 10.5. The second kappa shape index (κ2) is 9.44. The van der Waals surface area contributed by atoms with Gasteiger partial charge in [-0.25, -0.2) is 5.84 Å². The first-order chi connectivity index (χ1) is 6.35. The van der Waals surface area contributed by atoms with Crippen molar-refractivity contribution in [3.05, 3.63) is 0 Å². The van der Waals surface area contributed by atoms with Gasteiger partial charge in [0.2, 0.25) is 0 Å². The van der Waals surface area contributed by atoms with Crippen LogP contribution in [-0.4, -0.2) is 39.3 Å². The highest BCUT2D eigenvalue weighted by atomic mass is 16.5. The number of ether oxygens (including phenoxy) is 2. The van der Waals surface area contributed by atoms with Crippen LogP contribution in [-0.2, 0) is 9.47 Å². The molecule has 0 saturated carbocycles. The third kappa shape index (κ3) is 7.70. The molecule has 0 rings (SSSR count). The first-order valence-corrected chi connectivity index (χ1v) is 4.41. The van der Waals surface area contributed by atoms with Crippen LogP contribution in [0.2, 0.25) is 0 Å². The molecule has 0 aliphatic rings. The van der Waals surface area contributed by atoms with Gasteiger partial charge in [-0.05, 0) is 6.42 Å². The second-order valence-corrected chi connectivity index (χ2v) is 2.52. The standard InChI is InChI=1S/C8H19N3O2/c1-3-4-10-8(11-9)7-13-6-5-12-2/h3-7,9H2,1-2H3,(H,10,11). The maximum atomic E-state index is 5.24. The average Bonchev–Trinajstić information content (AvgIpc) is 2.17. The predicted octanol–water partition coefficient (Wildman–Crippen LogP) is -0.0788. The van der Waals surface area contributed by atoms with Crippen LogP contribution < -0.4 is 11.3 Å². The molecule has 3 N–H and O–H groups in total. The van der Waals surface area contributed by atoms with Crippen LogP contribution in [0, 0.1) is 0 Å². The summed E-state index contributed by atoms with van der Waals surface area (Å²) in [6.45, 7) is 4.39. The van der Waals surface area contributed by atoms with Gasteiger partial charge in [0.15, 0.2) is 0 Å². The van der Waals surface area contributed by atoms with E-state index in [9.17, 15) is 0 Å². The van der Waals surface area contributed by atoms with Crippen molar-refractivity contribution in [1.29, 1.82) is 0 Å². The summed E-state index contributed by atoms with van der Waals surface area (Å²) in [7, 11) is 1.64. The molecule has 0 fully saturated rings. The third-order valence-electron chi connectivity index (χ3n) is 1.36. The van der Waals surface area contributed by atoms with Crippen molar-refractivity contribution < 1.29 is 9.47 Å². The van der Waals surface area contributed by atoms with Gasteiger partial charge in [0.1, 0.15) is 12.4 Å². The van der Waals surface area contributed by atoms with Gasteiger partial charge < -0.3 is 14.9 Å². The van der Waals surface area contributed by atoms with E-state index in [-0.39, 0.29) is 0 Å². The minimum Gasteiger partial charge on any atom is -0.382 e. The molecule has 0 atom stereocenters. The fourth-order valence-electron chi connectivity index (χ4n) is 0.691. The summed E-state index contributed by atoms with van der Waals surface area (Å²) in [5.74, 6) is 5.91. The molecule has 0 aromatic carbocycles. The third-order valence-corrected chi connectivity index (χ3v) is 1.36. The highest BCUT2D eigenvalue weighted by molar-refractivity contribution is 5.82. The summed E-state index contributed by atoms with van der Waals surface area (Å²) in [6, 6.07) is 0. The van der Waals surface area contributed by atoms with Crippen LogP contribution >= 0.6 is 0 Å². The van der Waals surface area contributed by atoms with Crippen LogP contribution in [0.25, 0.3) is 0 Å². The Morgan fingerprint density at radius 3 is 2.77 bits per heavy atom. The van der Waals surface area contributed by atoms with Crippen molar-refractivity contribution >= 4 is 5.84 Å². The topological polar surface area (TPSA) is 68.9 Å². The number of nitrogens with one attached hydrogen (secondary N) is 1. The molecule has 0 aliphatic heterocycles. The Kier molecular flexibility index (Phi) is 8.97. The van der Waals surface area contributed by atoms with E-state index in [0.29, 0.717) is 25.7 Å². The number of amidine groups is 1. The Morgan fingerprint density at radius 1 is 1.46 bits per heavy atom. The normalized spacial score (nSPS) is 11.8. The van der Waals surface area contributed by atoms with Gasteiger partial charge in [0, 0.05) is 13.7 Å². The van der Waals surface area contributed by atoms with E-state index in [1.54, 1.807) is 7.11 Å². The largest absolute Gasteiger partial charge is 0.382 e. The molecule has 5 nitrogen and oxygen atoms in total. The maximum absolute atomic E-state index is 5.24. The van der Waals surface area contributed by atoms with Gasteiger partial charge in [-0.15, -0.1) is 0 Å². The fraction of sp³-hybridized carbons (Fsp3) is 0.875. The highest BCUT2D eigenvalue weighted by Gasteiger charge is 1.95. The summed E-state index contributed by atoms with van der Waals surface area (Å²) in [5, 5.41) is 0. The molecule has 0 radical (unpaired) electrons. The van der Waals surface area contributed by atoms with E-state index in [2.05, 4.69) is 17.3 Å². The molecule has 0 saturated heterocycles. The fourth-order valence-corrected chi connectivity index (χ4v) is 0.691. The van der Waals surface area contributed by atoms with Gasteiger partial charge in [-0.3, -0.25) is 4.99 Å². The molecule has 78 valence electrons. The van der Waals surface area contributed by atoms with E-state index >= 15 is 0 Å². The van der Waals surface area contributed by atoms with Gasteiger partial charge in [-0.1, -0.05) is 6.92 Å². The SMILES string of the molecule is CCCN=C(COCCOC)NN. The zero-order valence-electron chi connectivity index (χ0n) is 8.38. The molecule has 0 heterocycles. The Hall–Kier alpha value is -0.650. The zero-order chi connectivity index (χ0) is 9.94. The Bertz CT molecular complexity index is 139. The molecule has 5 heteroatoms. The number of nitrogens with two attached hydrogens (primary N) is 1. The van der Waals surface area contributed by atoms with Crippen molar-refractivity contribution in [2.45, 2.75) is 13.3 Å². The van der Waals surface area contributed by atoms with E-state index < -0.39 is 0 Å². The number of nitrogens with zero attached hydrogens (tertiary/aromatic N) is 1. The van der Waals surface area contributed by atoms with E-state index in [1.807, 2.05) is 0 Å². The quantitative estimate of drug-likeness (QED) is 0.193. The minimum absolute atomic E-state index is 0.417. The minimum atomic E-state index is 0.417. The summed E-state index contributed by atoms with van der Waals surface area (Å²) in [4.78, 5) is 4.17. The molecule has 0 aromatic rings. The van der Waals surface area contributed by atoms with E-state index in [1.165, 1.54) is 0 Å². The Morgan fingerprint density at radius 2 is 2.23 bits per heavy atom. The molecular formula is C8H19N3O2. The first-order valence-electron chi connectivity index (χ1n) is 4.41. The molecular weight excluding hydrogens is 170 g/mol. The monoisotopic (exact) mass is 189 g/mol. The summed E-state index contributed by atoms with van der Waals surface area (Å²) < 4.78 is 10.0. The molecule has 0 unspecified atom stereocenters. The Labute approximate surface area is 79.3 Å². The lowest BCUT2D eigenvalue weighted by Gasteiger charge is -2.06. The molecule has 13 heavy (non-hydrogen) atoms. The zero-order valence-corrected chi connectivity index (χ0v) is 8.38.